The summed E-state index contributed by atoms with van der Waals surface area (Å²) in [6.45, 7) is 15.1. The van der Waals surface area contributed by atoms with Gasteiger partial charge in [0.25, 0.3) is 0 Å². The number of likely N-dealkylation sites (tertiary alicyclic amines) is 1. The van der Waals surface area contributed by atoms with Gasteiger partial charge in [0, 0.05) is 23.4 Å². The highest BCUT2D eigenvalue weighted by Gasteiger charge is 2.37. The monoisotopic (exact) mass is 476 g/mol. The average Bonchev–Trinajstić information content (AvgIpc) is 3.31. The zero-order chi connectivity index (χ0) is 25.1. The van der Waals surface area contributed by atoms with E-state index in [0.29, 0.717) is 23.6 Å². The molecule has 182 valence electrons. The van der Waals surface area contributed by atoms with Gasteiger partial charge in [-0.05, 0) is 36.6 Å². The standard InChI is InChI=1S/C23H31ClN4O3.C2H6/c1-14(2)21(25)23(31)28-11-5-6-20(28)22(30)27-19(13-29)17-9-7-16(8-10-17)18(12-26-4)15(3)24;1-2/h7-10,12,14,19-21,29H,3-6,11,13,25H2,1-2H3,(H,27,30);1-2H3/b18-12+;. The normalized spacial score (nSPS) is 17.6. The molecule has 0 aliphatic carbocycles. The van der Waals surface area contributed by atoms with Crippen LogP contribution in [-0.2, 0) is 9.59 Å². The summed E-state index contributed by atoms with van der Waals surface area (Å²) in [4.78, 5) is 30.9. The summed E-state index contributed by atoms with van der Waals surface area (Å²) >= 11 is 6.02. The van der Waals surface area contributed by atoms with Crippen LogP contribution in [0.5, 0.6) is 0 Å². The predicted molar refractivity (Wildman–Crippen MR) is 136 cm³/mol. The zero-order valence-electron chi connectivity index (χ0n) is 20.1. The first kappa shape index (κ1) is 28.6. The highest BCUT2D eigenvalue weighted by Crippen LogP contribution is 2.27. The number of hydrogen-bond donors (Lipinski definition) is 3. The molecule has 1 aliphatic heterocycles. The molecule has 2 rings (SSSR count). The molecule has 0 radical (unpaired) electrons. The van der Waals surface area contributed by atoms with Crippen molar-refractivity contribution in [3.8, 4) is 0 Å². The first-order valence-corrected chi connectivity index (χ1v) is 11.7. The Morgan fingerprint density at radius 3 is 2.42 bits per heavy atom. The predicted octanol–water partition coefficient (Wildman–Crippen LogP) is 3.63. The molecule has 4 N–H and O–H groups in total. The van der Waals surface area contributed by atoms with E-state index in [1.165, 1.54) is 6.20 Å². The maximum atomic E-state index is 12.9. The Morgan fingerprint density at radius 2 is 1.94 bits per heavy atom. The van der Waals surface area contributed by atoms with Gasteiger partial charge >= 0.3 is 0 Å². The second-order valence-electron chi connectivity index (χ2n) is 7.96. The van der Waals surface area contributed by atoms with Crippen molar-refractivity contribution in [2.45, 2.75) is 58.7 Å². The molecule has 1 saturated heterocycles. The van der Waals surface area contributed by atoms with Crippen molar-refractivity contribution < 1.29 is 14.7 Å². The van der Waals surface area contributed by atoms with Crippen LogP contribution in [0.3, 0.4) is 0 Å². The van der Waals surface area contributed by atoms with Crippen LogP contribution in [0.15, 0.2) is 47.1 Å². The van der Waals surface area contributed by atoms with Gasteiger partial charge in [0.15, 0.2) is 0 Å². The maximum absolute atomic E-state index is 12.9. The van der Waals surface area contributed by atoms with E-state index in [1.54, 1.807) is 17.0 Å². The molecule has 1 aromatic rings. The van der Waals surface area contributed by atoms with Gasteiger partial charge in [0.1, 0.15) is 6.04 Å². The fourth-order valence-electron chi connectivity index (χ4n) is 3.57. The van der Waals surface area contributed by atoms with Crippen molar-refractivity contribution >= 4 is 35.7 Å². The molecule has 0 saturated carbocycles. The molecular weight excluding hydrogens is 440 g/mol. The van der Waals surface area contributed by atoms with Gasteiger partial charge in [0.05, 0.1) is 18.7 Å². The second-order valence-corrected chi connectivity index (χ2v) is 8.41. The third-order valence-electron chi connectivity index (χ3n) is 5.48. The summed E-state index contributed by atoms with van der Waals surface area (Å²) < 4.78 is 0. The van der Waals surface area contributed by atoms with Gasteiger partial charge in [-0.1, -0.05) is 70.1 Å². The molecule has 3 atom stereocenters. The van der Waals surface area contributed by atoms with E-state index in [1.807, 2.05) is 39.8 Å². The molecule has 7 nitrogen and oxygen atoms in total. The Kier molecular flexibility index (Phi) is 12.1. The Hall–Kier alpha value is -2.48. The third kappa shape index (κ3) is 7.52. The lowest BCUT2D eigenvalue weighted by molar-refractivity contribution is -0.140. The minimum absolute atomic E-state index is 0.0141. The molecule has 0 bridgehead atoms. The largest absolute Gasteiger partial charge is 0.394 e. The van der Waals surface area contributed by atoms with E-state index in [9.17, 15) is 14.7 Å². The van der Waals surface area contributed by atoms with Gasteiger partial charge in [0.2, 0.25) is 11.8 Å². The van der Waals surface area contributed by atoms with E-state index in [2.05, 4.69) is 23.6 Å². The molecule has 1 aliphatic rings. The number of rotatable bonds is 9. The number of carbonyl (C=O) groups excluding carboxylic acids is 2. The summed E-state index contributed by atoms with van der Waals surface area (Å²) in [7, 11) is 0. The Balaban J connectivity index is 0.00000265. The number of amides is 2. The third-order valence-corrected chi connectivity index (χ3v) is 5.68. The van der Waals surface area contributed by atoms with Crippen LogP contribution in [0.4, 0.5) is 0 Å². The first-order chi connectivity index (χ1) is 15.7. The number of allylic oxidation sites excluding steroid dienone is 2. The van der Waals surface area contributed by atoms with E-state index in [0.717, 1.165) is 17.5 Å². The van der Waals surface area contributed by atoms with E-state index in [4.69, 9.17) is 17.3 Å². The Morgan fingerprint density at radius 1 is 1.33 bits per heavy atom. The summed E-state index contributed by atoms with van der Waals surface area (Å²) in [5, 5.41) is 13.1. The fourth-order valence-corrected chi connectivity index (χ4v) is 3.73. The van der Waals surface area contributed by atoms with E-state index in [-0.39, 0.29) is 24.3 Å². The Bertz CT molecular complexity index is 852. The van der Waals surface area contributed by atoms with Crippen LogP contribution in [0, 0.1) is 5.92 Å². The lowest BCUT2D eigenvalue weighted by Gasteiger charge is -2.29. The molecule has 0 aromatic heterocycles. The van der Waals surface area contributed by atoms with Crippen molar-refractivity contribution in [2.24, 2.45) is 16.6 Å². The smallest absolute Gasteiger partial charge is 0.243 e. The van der Waals surface area contributed by atoms with E-state index < -0.39 is 18.1 Å². The Labute approximate surface area is 202 Å². The zero-order valence-corrected chi connectivity index (χ0v) is 20.8. The molecule has 1 heterocycles. The van der Waals surface area contributed by atoms with Gasteiger partial charge in [-0.25, -0.2) is 0 Å². The van der Waals surface area contributed by atoms with Crippen LogP contribution in [0.1, 0.15) is 57.7 Å². The van der Waals surface area contributed by atoms with Crippen molar-refractivity contribution in [2.75, 3.05) is 13.2 Å². The number of aliphatic imine (C=N–C) groups is 1. The number of benzene rings is 1. The molecule has 8 heteroatoms. The fraction of sp³-hybridized carbons (Fsp3) is 0.480. The number of nitrogens with zero attached hydrogens (tertiary/aromatic N) is 2. The molecular formula is C25H37ClN4O3. The van der Waals surface area contributed by atoms with Gasteiger partial charge in [-0.2, -0.15) is 0 Å². The number of nitrogens with two attached hydrogens (primary N) is 1. The van der Waals surface area contributed by atoms with Crippen molar-refractivity contribution in [1.29, 1.82) is 0 Å². The number of carbonyl (C=O) groups is 2. The molecule has 0 spiro atoms. The number of halogens is 1. The van der Waals surface area contributed by atoms with Crippen LogP contribution in [0.25, 0.3) is 5.57 Å². The highest BCUT2D eigenvalue weighted by atomic mass is 35.5. The molecule has 1 aromatic carbocycles. The van der Waals surface area contributed by atoms with Crippen LogP contribution in [0.2, 0.25) is 0 Å². The SMILES string of the molecule is C=N/C=C(\C(=C)Cl)c1ccc(C(CO)NC(=O)C2CCCN2C(=O)C(N)C(C)C)cc1.CC. The summed E-state index contributed by atoms with van der Waals surface area (Å²) in [5.74, 6) is -0.524. The minimum Gasteiger partial charge on any atom is -0.394 e. The van der Waals surface area contributed by atoms with Crippen molar-refractivity contribution in [1.82, 2.24) is 10.2 Å². The number of hydrogen-bond acceptors (Lipinski definition) is 5. The topological polar surface area (TPSA) is 108 Å². The van der Waals surface area contributed by atoms with Crippen LogP contribution in [-0.4, -0.2) is 53.8 Å². The van der Waals surface area contributed by atoms with Gasteiger partial charge in [-0.15, -0.1) is 0 Å². The number of aliphatic hydroxyl groups excluding tert-OH is 1. The van der Waals surface area contributed by atoms with Gasteiger partial charge < -0.3 is 21.1 Å². The van der Waals surface area contributed by atoms with Gasteiger partial charge in [-0.3, -0.25) is 14.6 Å². The summed E-state index contributed by atoms with van der Waals surface area (Å²) in [6.07, 6.45) is 2.82. The number of aliphatic hydroxyl groups is 1. The van der Waals surface area contributed by atoms with Crippen molar-refractivity contribution in [3.05, 3.63) is 53.2 Å². The summed E-state index contributed by atoms with van der Waals surface area (Å²) in [5.41, 5.74) is 8.15. The lowest BCUT2D eigenvalue weighted by Crippen LogP contribution is -2.53. The maximum Gasteiger partial charge on any atom is 0.243 e. The molecule has 3 unspecified atom stereocenters. The average molecular weight is 477 g/mol. The minimum atomic E-state index is -0.640. The second kappa shape index (κ2) is 13.9. The van der Waals surface area contributed by atoms with Crippen molar-refractivity contribution in [3.63, 3.8) is 0 Å². The van der Waals surface area contributed by atoms with Crippen LogP contribution < -0.4 is 11.1 Å². The van der Waals surface area contributed by atoms with Crippen LogP contribution >= 0.6 is 11.6 Å². The molecule has 2 amide bonds. The van der Waals surface area contributed by atoms with E-state index >= 15 is 0 Å². The number of nitrogens with one attached hydrogen (secondary N) is 1. The quantitative estimate of drug-likeness (QED) is 0.373. The lowest BCUT2D eigenvalue weighted by atomic mass is 10.0. The molecule has 1 fully saturated rings. The highest BCUT2D eigenvalue weighted by molar-refractivity contribution is 6.36. The first-order valence-electron chi connectivity index (χ1n) is 11.3. The summed E-state index contributed by atoms with van der Waals surface area (Å²) in [6, 6.07) is 5.36. The molecule has 33 heavy (non-hydrogen) atoms.